The molecule has 0 unspecified atom stereocenters. The number of thioether (sulfide) groups is 1. The average molecular weight is 443 g/mol. The summed E-state index contributed by atoms with van der Waals surface area (Å²) in [6, 6.07) is 4.61. The van der Waals surface area contributed by atoms with Gasteiger partial charge in [0, 0.05) is 5.25 Å². The maximum absolute atomic E-state index is 12.9. The highest BCUT2D eigenvalue weighted by atomic mass is 32.2. The Morgan fingerprint density at radius 2 is 1.82 bits per heavy atom. The van der Waals surface area contributed by atoms with E-state index in [1.165, 1.54) is 15.6 Å². The molecule has 0 fully saturated rings. The van der Waals surface area contributed by atoms with Crippen LogP contribution in [-0.2, 0) is 14.8 Å². The molecule has 1 amide bonds. The summed E-state index contributed by atoms with van der Waals surface area (Å²) in [5.41, 5.74) is 2.34. The van der Waals surface area contributed by atoms with Gasteiger partial charge in [0.2, 0.25) is 21.1 Å². The summed E-state index contributed by atoms with van der Waals surface area (Å²) in [5, 5.41) is 11.5. The monoisotopic (exact) mass is 442 g/mol. The summed E-state index contributed by atoms with van der Waals surface area (Å²) < 4.78 is 27.1. The van der Waals surface area contributed by atoms with Gasteiger partial charge in [-0.2, -0.15) is 0 Å². The molecule has 1 heterocycles. The fraction of sp³-hybridized carbons (Fsp3) is 0.500. The molecule has 7 nitrogen and oxygen atoms in total. The van der Waals surface area contributed by atoms with Crippen molar-refractivity contribution in [2.45, 2.75) is 56.7 Å². The number of nitrogens with one attached hydrogen (secondary N) is 1. The zero-order valence-electron chi connectivity index (χ0n) is 16.9. The van der Waals surface area contributed by atoms with Crippen molar-refractivity contribution in [1.29, 1.82) is 0 Å². The molecule has 0 saturated carbocycles. The van der Waals surface area contributed by atoms with Crippen LogP contribution in [0.1, 0.15) is 38.3 Å². The van der Waals surface area contributed by atoms with Crippen LogP contribution in [0.4, 0.5) is 10.8 Å². The first-order valence-corrected chi connectivity index (χ1v) is 12.4. The van der Waals surface area contributed by atoms with Gasteiger partial charge in [-0.25, -0.2) is 8.42 Å². The molecule has 1 N–H and O–H groups in total. The first kappa shape index (κ1) is 22.6. The molecule has 0 saturated heterocycles. The topological polar surface area (TPSA) is 92.3 Å². The number of carbonyl (C=O) groups is 1. The largest absolute Gasteiger partial charge is 0.299 e. The molecule has 10 heteroatoms. The van der Waals surface area contributed by atoms with Gasteiger partial charge >= 0.3 is 0 Å². The third-order valence-corrected chi connectivity index (χ3v) is 6.87. The van der Waals surface area contributed by atoms with Gasteiger partial charge in [0.15, 0.2) is 4.34 Å². The van der Waals surface area contributed by atoms with Gasteiger partial charge in [0.25, 0.3) is 0 Å². The highest BCUT2D eigenvalue weighted by Crippen LogP contribution is 2.30. The quantitative estimate of drug-likeness (QED) is 0.493. The van der Waals surface area contributed by atoms with Crippen molar-refractivity contribution >= 4 is 49.8 Å². The van der Waals surface area contributed by atoms with Crippen LogP contribution in [-0.4, -0.2) is 42.1 Å². The smallest absolute Gasteiger partial charge is 0.250 e. The van der Waals surface area contributed by atoms with E-state index in [1.54, 1.807) is 30.8 Å². The molecule has 1 aromatic heterocycles. The second kappa shape index (κ2) is 9.23. The number of hydrogen-bond donors (Lipinski definition) is 1. The second-order valence-electron chi connectivity index (χ2n) is 6.86. The minimum absolute atomic E-state index is 0.318. The number of benzene rings is 1. The Labute approximate surface area is 175 Å². The lowest BCUT2D eigenvalue weighted by Gasteiger charge is -2.30. The summed E-state index contributed by atoms with van der Waals surface area (Å²) in [7, 11) is -3.68. The SMILES string of the molecule is CC[C@@H](C(=O)Nc1nnc(SC(C)C)s1)N(c1cc(C)cc(C)c1)S(C)(=O)=O. The van der Waals surface area contributed by atoms with Crippen molar-refractivity contribution in [2.24, 2.45) is 0 Å². The third-order valence-electron chi connectivity index (χ3n) is 3.76. The standard InChI is InChI=1S/C18H26N4O3S3/c1-7-15(16(23)19-17-20-21-18(27-17)26-11(2)3)22(28(6,24)25)14-9-12(4)8-13(5)10-14/h8-11,15H,7H2,1-6H3,(H,19,20,23)/t15-/m0/s1. The predicted octanol–water partition coefficient (Wildman–Crippen LogP) is 3.84. The molecule has 1 atom stereocenters. The first-order chi connectivity index (χ1) is 13.0. The average Bonchev–Trinajstić information content (AvgIpc) is 2.95. The Morgan fingerprint density at radius 1 is 1.21 bits per heavy atom. The lowest BCUT2D eigenvalue weighted by molar-refractivity contribution is -0.117. The lowest BCUT2D eigenvalue weighted by Crippen LogP contribution is -2.47. The number of carbonyl (C=O) groups excluding carboxylic acids is 1. The molecule has 1 aromatic carbocycles. The molecule has 0 radical (unpaired) electrons. The first-order valence-electron chi connectivity index (χ1n) is 8.90. The number of anilines is 2. The van der Waals surface area contributed by atoms with Crippen LogP contribution in [0.3, 0.4) is 0 Å². The van der Waals surface area contributed by atoms with Crippen LogP contribution < -0.4 is 9.62 Å². The van der Waals surface area contributed by atoms with E-state index in [4.69, 9.17) is 0 Å². The molecule has 0 aliphatic rings. The van der Waals surface area contributed by atoms with Crippen LogP contribution in [0.25, 0.3) is 0 Å². The van der Waals surface area contributed by atoms with E-state index < -0.39 is 22.0 Å². The van der Waals surface area contributed by atoms with E-state index in [2.05, 4.69) is 15.5 Å². The van der Waals surface area contributed by atoms with Crippen LogP contribution in [0.15, 0.2) is 22.5 Å². The number of hydrogen-bond acceptors (Lipinski definition) is 7. The molecular weight excluding hydrogens is 416 g/mol. The Hall–Kier alpha value is -1.65. The zero-order chi connectivity index (χ0) is 21.1. The van der Waals surface area contributed by atoms with Crippen LogP contribution in [0, 0.1) is 13.8 Å². The van der Waals surface area contributed by atoms with Gasteiger partial charge in [-0.3, -0.25) is 14.4 Å². The molecular formula is C18H26N4O3S3. The maximum atomic E-state index is 12.9. The summed E-state index contributed by atoms with van der Waals surface area (Å²) in [6.07, 6.45) is 1.43. The van der Waals surface area contributed by atoms with Gasteiger partial charge in [-0.05, 0) is 43.5 Å². The minimum atomic E-state index is -3.68. The Bertz CT molecular complexity index is 921. The fourth-order valence-corrected chi connectivity index (χ4v) is 6.01. The van der Waals surface area contributed by atoms with E-state index in [0.29, 0.717) is 22.5 Å². The number of rotatable bonds is 8. The molecule has 2 aromatic rings. The van der Waals surface area contributed by atoms with E-state index in [9.17, 15) is 13.2 Å². The number of amides is 1. The highest BCUT2D eigenvalue weighted by Gasteiger charge is 2.32. The molecule has 0 aliphatic heterocycles. The van der Waals surface area contributed by atoms with Crippen LogP contribution in [0.5, 0.6) is 0 Å². The summed E-state index contributed by atoms with van der Waals surface area (Å²) >= 11 is 2.84. The molecule has 154 valence electrons. The van der Waals surface area contributed by atoms with Crippen LogP contribution in [0.2, 0.25) is 0 Å². The van der Waals surface area contributed by atoms with Crippen molar-refractivity contribution in [3.63, 3.8) is 0 Å². The normalized spacial score (nSPS) is 12.8. The van der Waals surface area contributed by atoms with Crippen molar-refractivity contribution in [3.05, 3.63) is 29.3 Å². The van der Waals surface area contributed by atoms with Crippen molar-refractivity contribution in [2.75, 3.05) is 15.9 Å². The Kier molecular flexibility index (Phi) is 7.46. The highest BCUT2D eigenvalue weighted by molar-refractivity contribution is 8.01. The number of sulfonamides is 1. The summed E-state index contributed by atoms with van der Waals surface area (Å²) in [4.78, 5) is 12.9. The van der Waals surface area contributed by atoms with Gasteiger partial charge in [-0.15, -0.1) is 10.2 Å². The van der Waals surface area contributed by atoms with Crippen molar-refractivity contribution in [3.8, 4) is 0 Å². The van der Waals surface area contributed by atoms with Crippen LogP contribution >= 0.6 is 23.1 Å². The molecule has 2 rings (SSSR count). The van der Waals surface area contributed by atoms with Gasteiger partial charge < -0.3 is 0 Å². The summed E-state index contributed by atoms with van der Waals surface area (Å²) in [6.45, 7) is 9.67. The Balaban J connectivity index is 2.32. The Morgan fingerprint density at radius 3 is 2.32 bits per heavy atom. The zero-order valence-corrected chi connectivity index (χ0v) is 19.3. The predicted molar refractivity (Wildman–Crippen MR) is 117 cm³/mol. The van der Waals surface area contributed by atoms with E-state index in [1.807, 2.05) is 33.8 Å². The minimum Gasteiger partial charge on any atom is -0.299 e. The third kappa shape index (κ3) is 5.92. The molecule has 28 heavy (non-hydrogen) atoms. The van der Waals surface area contributed by atoms with Gasteiger partial charge in [-0.1, -0.05) is 49.9 Å². The lowest BCUT2D eigenvalue weighted by atomic mass is 10.1. The van der Waals surface area contributed by atoms with E-state index in [0.717, 1.165) is 21.7 Å². The fourth-order valence-electron chi connectivity index (χ4n) is 2.84. The summed E-state index contributed by atoms with van der Waals surface area (Å²) in [5.74, 6) is -0.427. The van der Waals surface area contributed by atoms with Crippen molar-refractivity contribution < 1.29 is 13.2 Å². The number of nitrogens with zero attached hydrogens (tertiary/aromatic N) is 3. The van der Waals surface area contributed by atoms with Gasteiger partial charge in [0.05, 0.1) is 11.9 Å². The van der Waals surface area contributed by atoms with E-state index in [-0.39, 0.29) is 0 Å². The molecule has 0 bridgehead atoms. The van der Waals surface area contributed by atoms with Crippen molar-refractivity contribution in [1.82, 2.24) is 10.2 Å². The number of aromatic nitrogens is 2. The molecule has 0 aliphatic carbocycles. The second-order valence-corrected chi connectivity index (χ2v) is 11.5. The number of aryl methyl sites for hydroxylation is 2. The molecule has 0 spiro atoms. The van der Waals surface area contributed by atoms with E-state index >= 15 is 0 Å². The maximum Gasteiger partial charge on any atom is 0.250 e. The van der Waals surface area contributed by atoms with Gasteiger partial charge in [0.1, 0.15) is 6.04 Å².